The van der Waals surface area contributed by atoms with E-state index in [9.17, 15) is 21.6 Å². The number of hydrogen-bond donors (Lipinski definition) is 0. The molecule has 7 heteroatoms. The molecule has 4 atom stereocenters. The quantitative estimate of drug-likeness (QED) is 0.375. The van der Waals surface area contributed by atoms with Crippen molar-refractivity contribution in [3.05, 3.63) is 11.8 Å². The van der Waals surface area contributed by atoms with Crippen LogP contribution in [0, 0.1) is 28.6 Å². The Hall–Kier alpha value is -0.720. The van der Waals surface area contributed by atoms with Crippen molar-refractivity contribution < 1.29 is 25.8 Å². The van der Waals surface area contributed by atoms with Crippen molar-refractivity contribution in [3.8, 4) is 0 Å². The minimum Gasteiger partial charge on any atom is -0.381 e. The molecular weight excluding hydrogens is 377 g/mol. The summed E-state index contributed by atoms with van der Waals surface area (Å²) in [7, 11) is -5.60. The van der Waals surface area contributed by atoms with E-state index in [2.05, 4.69) is 38.8 Å². The van der Waals surface area contributed by atoms with Crippen molar-refractivity contribution in [2.45, 2.75) is 85.1 Å². The summed E-state index contributed by atoms with van der Waals surface area (Å²) in [4.78, 5) is 0. The third-order valence-corrected chi connectivity index (χ3v) is 7.52. The molecule has 1 saturated carbocycles. The molecule has 1 fully saturated rings. The maximum Gasteiger partial charge on any atom is 0.534 e. The van der Waals surface area contributed by atoms with Gasteiger partial charge in [-0.05, 0) is 60.8 Å². The molecular formula is C20H33F3O3S. The van der Waals surface area contributed by atoms with Gasteiger partial charge in [-0.3, -0.25) is 0 Å². The van der Waals surface area contributed by atoms with Crippen LogP contribution in [0.3, 0.4) is 0 Å². The van der Waals surface area contributed by atoms with Crippen LogP contribution in [0.25, 0.3) is 0 Å². The first-order chi connectivity index (χ1) is 12.2. The van der Waals surface area contributed by atoms with Crippen LogP contribution >= 0.6 is 0 Å². The van der Waals surface area contributed by atoms with Crippen LogP contribution in [0.15, 0.2) is 11.8 Å². The molecule has 0 N–H and O–H groups in total. The van der Waals surface area contributed by atoms with Crippen LogP contribution in [0.1, 0.15) is 79.6 Å². The molecule has 0 aromatic carbocycles. The summed E-state index contributed by atoms with van der Waals surface area (Å²) in [5, 5.41) is 0. The third kappa shape index (κ3) is 5.01. The summed E-state index contributed by atoms with van der Waals surface area (Å²) in [5.41, 5.74) is -5.30. The minimum atomic E-state index is -5.60. The van der Waals surface area contributed by atoms with Crippen LogP contribution in [-0.4, -0.2) is 13.9 Å². The Kier molecular flexibility index (Phi) is 6.35. The van der Waals surface area contributed by atoms with Crippen molar-refractivity contribution in [2.75, 3.05) is 0 Å². The minimum absolute atomic E-state index is 0.00506. The maximum atomic E-state index is 12.7. The van der Waals surface area contributed by atoms with Gasteiger partial charge < -0.3 is 4.18 Å². The number of halogens is 3. The lowest BCUT2D eigenvalue weighted by atomic mass is 9.63. The van der Waals surface area contributed by atoms with E-state index in [0.29, 0.717) is 30.1 Å². The highest BCUT2D eigenvalue weighted by molar-refractivity contribution is 7.87. The maximum absolute atomic E-state index is 12.7. The SMILES string of the molecule is C[C@H](CCCC(C)(C)C)C1CCC2C(OS(=O)(=O)C(F)(F)F)=CCC[C@@]21C. The first kappa shape index (κ1) is 22.6. The topological polar surface area (TPSA) is 43.4 Å². The van der Waals surface area contributed by atoms with Gasteiger partial charge in [0.15, 0.2) is 0 Å². The summed E-state index contributed by atoms with van der Waals surface area (Å²) in [6, 6.07) is 0. The number of alkyl halides is 3. The Morgan fingerprint density at radius 3 is 2.44 bits per heavy atom. The van der Waals surface area contributed by atoms with Crippen LogP contribution in [0.5, 0.6) is 0 Å². The third-order valence-electron chi connectivity index (χ3n) is 6.54. The summed E-state index contributed by atoms with van der Waals surface area (Å²) < 4.78 is 65.7. The van der Waals surface area contributed by atoms with Gasteiger partial charge in [0.2, 0.25) is 0 Å². The van der Waals surface area contributed by atoms with E-state index in [1.54, 1.807) is 6.08 Å². The highest BCUT2D eigenvalue weighted by Crippen LogP contribution is 2.59. The molecule has 2 unspecified atom stereocenters. The zero-order valence-electron chi connectivity index (χ0n) is 17.0. The van der Waals surface area contributed by atoms with Crippen molar-refractivity contribution in [2.24, 2.45) is 28.6 Å². The lowest BCUT2D eigenvalue weighted by Crippen LogP contribution is -2.37. The fraction of sp³-hybridized carbons (Fsp3) is 0.900. The van der Waals surface area contributed by atoms with Crippen molar-refractivity contribution in [3.63, 3.8) is 0 Å². The summed E-state index contributed by atoms with van der Waals surface area (Å²) >= 11 is 0. The lowest BCUT2D eigenvalue weighted by Gasteiger charge is -2.42. The molecule has 0 aromatic rings. The molecule has 0 heterocycles. The van der Waals surface area contributed by atoms with Gasteiger partial charge in [-0.1, -0.05) is 47.5 Å². The summed E-state index contributed by atoms with van der Waals surface area (Å²) in [6.07, 6.45) is 7.92. The van der Waals surface area contributed by atoms with Gasteiger partial charge in [-0.2, -0.15) is 21.6 Å². The first-order valence-corrected chi connectivity index (χ1v) is 11.3. The summed E-state index contributed by atoms with van der Waals surface area (Å²) in [6.45, 7) is 11.0. The van der Waals surface area contributed by atoms with Crippen LogP contribution in [0.2, 0.25) is 0 Å². The molecule has 27 heavy (non-hydrogen) atoms. The van der Waals surface area contributed by atoms with Crippen LogP contribution in [0.4, 0.5) is 13.2 Å². The Morgan fingerprint density at radius 1 is 1.26 bits per heavy atom. The van der Waals surface area contributed by atoms with E-state index >= 15 is 0 Å². The van der Waals surface area contributed by atoms with Crippen molar-refractivity contribution >= 4 is 10.1 Å². The van der Waals surface area contributed by atoms with E-state index in [-0.39, 0.29) is 17.1 Å². The molecule has 0 bridgehead atoms. The van der Waals surface area contributed by atoms with Gasteiger partial charge in [-0.15, -0.1) is 0 Å². The van der Waals surface area contributed by atoms with Gasteiger partial charge in [-0.25, -0.2) is 0 Å². The predicted molar refractivity (Wildman–Crippen MR) is 100 cm³/mol. The van der Waals surface area contributed by atoms with Crippen LogP contribution in [-0.2, 0) is 14.3 Å². The molecule has 2 aliphatic carbocycles. The molecule has 0 aliphatic heterocycles. The van der Waals surface area contributed by atoms with Gasteiger partial charge in [0.1, 0.15) is 5.76 Å². The normalized spacial score (nSPS) is 30.6. The van der Waals surface area contributed by atoms with Gasteiger partial charge >= 0.3 is 15.6 Å². The molecule has 2 rings (SSSR count). The van der Waals surface area contributed by atoms with Gasteiger partial charge in [0.25, 0.3) is 0 Å². The van der Waals surface area contributed by atoms with Gasteiger partial charge in [0, 0.05) is 5.92 Å². The van der Waals surface area contributed by atoms with E-state index in [1.165, 1.54) is 0 Å². The average Bonchev–Trinajstić information content (AvgIpc) is 2.82. The second kappa shape index (κ2) is 7.60. The average molecular weight is 411 g/mol. The standard InChI is InChI=1S/C20H33F3O3S/c1-14(8-6-12-18(2,3)4)15-10-11-16-17(9-7-13-19(15,16)5)26-27(24,25)20(21,22)23/h9,14-16H,6-8,10-13H2,1-5H3/t14-,15?,16?,19-/m1/s1. The first-order valence-electron chi connectivity index (χ1n) is 9.88. The van der Waals surface area contributed by atoms with Crippen molar-refractivity contribution in [1.82, 2.24) is 0 Å². The smallest absolute Gasteiger partial charge is 0.381 e. The molecule has 0 spiro atoms. The van der Waals surface area contributed by atoms with Gasteiger partial charge in [0.05, 0.1) is 0 Å². The number of fused-ring (bicyclic) bond motifs is 1. The second-order valence-corrected chi connectivity index (χ2v) is 11.3. The van der Waals surface area contributed by atoms with E-state index in [1.807, 2.05) is 0 Å². The van der Waals surface area contributed by atoms with E-state index < -0.39 is 15.6 Å². The Bertz CT molecular complexity index is 661. The fourth-order valence-corrected chi connectivity index (χ4v) is 5.65. The molecule has 158 valence electrons. The van der Waals surface area contributed by atoms with E-state index in [0.717, 1.165) is 32.1 Å². The predicted octanol–water partition coefficient (Wildman–Crippen LogP) is 6.42. The Morgan fingerprint density at radius 2 is 1.89 bits per heavy atom. The molecule has 2 aliphatic rings. The Balaban J connectivity index is 2.09. The zero-order chi connectivity index (χ0) is 20.7. The second-order valence-electron chi connectivity index (χ2n) is 9.80. The highest BCUT2D eigenvalue weighted by Gasteiger charge is 2.54. The monoisotopic (exact) mass is 410 g/mol. The molecule has 0 amide bonds. The largest absolute Gasteiger partial charge is 0.534 e. The highest BCUT2D eigenvalue weighted by atomic mass is 32.2. The molecule has 3 nitrogen and oxygen atoms in total. The lowest BCUT2D eigenvalue weighted by molar-refractivity contribution is -0.0536. The van der Waals surface area contributed by atoms with Crippen molar-refractivity contribution in [1.29, 1.82) is 0 Å². The van der Waals surface area contributed by atoms with Crippen LogP contribution < -0.4 is 0 Å². The number of rotatable bonds is 6. The number of allylic oxidation sites excluding steroid dienone is 2. The zero-order valence-corrected chi connectivity index (χ0v) is 17.8. The molecule has 0 radical (unpaired) electrons. The fourth-order valence-electron chi connectivity index (χ4n) is 5.11. The Labute approximate surface area is 161 Å². The molecule has 0 saturated heterocycles. The molecule has 0 aromatic heterocycles. The number of hydrogen-bond acceptors (Lipinski definition) is 3. The van der Waals surface area contributed by atoms with E-state index in [4.69, 9.17) is 0 Å². The summed E-state index contributed by atoms with van der Waals surface area (Å²) in [5.74, 6) is 0.591.